The topological polar surface area (TPSA) is 39.9 Å². The van der Waals surface area contributed by atoms with Crippen molar-refractivity contribution in [1.29, 1.82) is 0 Å². The van der Waals surface area contributed by atoms with Gasteiger partial charge in [0.2, 0.25) is 5.72 Å². The number of hydrogen-bond donors (Lipinski definition) is 0. The van der Waals surface area contributed by atoms with E-state index in [9.17, 15) is 0 Å². The summed E-state index contributed by atoms with van der Waals surface area (Å²) >= 11 is 3.52. The fraction of sp³-hybridized carbons (Fsp3) is 0.368. The molecule has 0 saturated heterocycles. The monoisotopic (exact) mass is 387 g/mol. The molecular formula is C19H22BrN3O. The van der Waals surface area contributed by atoms with Crippen LogP contribution in [0.1, 0.15) is 32.6 Å². The summed E-state index contributed by atoms with van der Waals surface area (Å²) in [5, 5.41) is 9.77. The van der Waals surface area contributed by atoms with Crippen molar-refractivity contribution < 1.29 is 4.74 Å². The van der Waals surface area contributed by atoms with Crippen LogP contribution in [0.4, 0.5) is 0 Å². The third-order valence-corrected chi connectivity index (χ3v) is 4.85. The molecule has 0 bridgehead atoms. The van der Waals surface area contributed by atoms with Crippen LogP contribution in [0.5, 0.6) is 5.75 Å². The highest BCUT2D eigenvalue weighted by Crippen LogP contribution is 2.33. The molecule has 0 radical (unpaired) electrons. The van der Waals surface area contributed by atoms with Crippen LogP contribution in [-0.2, 0) is 5.72 Å². The molecular weight excluding hydrogens is 366 g/mol. The Bertz CT molecular complexity index is 774. The summed E-state index contributed by atoms with van der Waals surface area (Å²) in [5.74, 6) is 0.859. The zero-order valence-electron chi connectivity index (χ0n) is 13.9. The average Bonchev–Trinajstić information content (AvgIpc) is 3.06. The number of halogens is 1. The van der Waals surface area contributed by atoms with Gasteiger partial charge in [0.1, 0.15) is 11.3 Å². The number of aromatic nitrogens is 3. The molecule has 0 saturated carbocycles. The molecule has 0 amide bonds. The molecule has 126 valence electrons. The van der Waals surface area contributed by atoms with E-state index >= 15 is 0 Å². The summed E-state index contributed by atoms with van der Waals surface area (Å²) in [4.78, 5) is 0. The summed E-state index contributed by atoms with van der Waals surface area (Å²) < 4.78 is 8.46. The highest BCUT2D eigenvalue weighted by atomic mass is 79.9. The normalized spacial score (nSPS) is 13.8. The van der Waals surface area contributed by atoms with Gasteiger partial charge in [-0.05, 0) is 37.1 Å². The lowest BCUT2D eigenvalue weighted by Gasteiger charge is -2.34. The van der Waals surface area contributed by atoms with Crippen molar-refractivity contribution in [2.75, 3.05) is 5.33 Å². The number of fused-ring (bicyclic) bond motifs is 1. The summed E-state index contributed by atoms with van der Waals surface area (Å²) in [5.41, 5.74) is 1.38. The van der Waals surface area contributed by atoms with Gasteiger partial charge in [-0.15, -0.1) is 5.10 Å². The Hall–Kier alpha value is -1.88. The third kappa shape index (κ3) is 3.46. The number of nitrogens with zero attached hydrogens (tertiary/aromatic N) is 3. The molecule has 0 aliphatic heterocycles. The van der Waals surface area contributed by atoms with E-state index in [0.717, 1.165) is 47.8 Å². The molecule has 0 N–H and O–H groups in total. The molecule has 1 unspecified atom stereocenters. The van der Waals surface area contributed by atoms with Gasteiger partial charge < -0.3 is 4.74 Å². The second-order valence-electron chi connectivity index (χ2n) is 5.85. The highest BCUT2D eigenvalue weighted by Gasteiger charge is 2.35. The van der Waals surface area contributed by atoms with Gasteiger partial charge >= 0.3 is 0 Å². The quantitative estimate of drug-likeness (QED) is 0.396. The first-order valence-corrected chi connectivity index (χ1v) is 9.52. The molecule has 0 fully saturated rings. The highest BCUT2D eigenvalue weighted by molar-refractivity contribution is 9.09. The van der Waals surface area contributed by atoms with Crippen molar-refractivity contribution in [3.05, 3.63) is 54.6 Å². The Morgan fingerprint density at radius 3 is 2.54 bits per heavy atom. The van der Waals surface area contributed by atoms with E-state index in [1.807, 2.05) is 53.2 Å². The van der Waals surface area contributed by atoms with Crippen LogP contribution in [-0.4, -0.2) is 20.3 Å². The molecule has 0 spiro atoms. The average molecular weight is 388 g/mol. The van der Waals surface area contributed by atoms with Gasteiger partial charge in [-0.2, -0.15) is 0 Å². The van der Waals surface area contributed by atoms with E-state index in [2.05, 4.69) is 39.2 Å². The van der Waals surface area contributed by atoms with E-state index in [0.29, 0.717) is 0 Å². The molecule has 3 rings (SSSR count). The van der Waals surface area contributed by atoms with Crippen LogP contribution in [0.15, 0.2) is 54.6 Å². The number of rotatable bonds is 8. The van der Waals surface area contributed by atoms with E-state index < -0.39 is 5.72 Å². The molecule has 1 atom stereocenters. The van der Waals surface area contributed by atoms with E-state index in [1.165, 1.54) is 0 Å². The van der Waals surface area contributed by atoms with Gasteiger partial charge in [0.05, 0.1) is 5.52 Å². The first-order valence-electron chi connectivity index (χ1n) is 8.40. The Labute approximate surface area is 151 Å². The van der Waals surface area contributed by atoms with Crippen molar-refractivity contribution in [1.82, 2.24) is 15.0 Å². The lowest BCUT2D eigenvalue weighted by molar-refractivity contribution is -0.0323. The van der Waals surface area contributed by atoms with Crippen LogP contribution >= 0.6 is 15.9 Å². The van der Waals surface area contributed by atoms with Crippen LogP contribution in [0.25, 0.3) is 11.0 Å². The fourth-order valence-electron chi connectivity index (χ4n) is 2.97. The second kappa shape index (κ2) is 7.79. The number of ether oxygens (including phenoxy) is 1. The van der Waals surface area contributed by atoms with E-state index in [4.69, 9.17) is 4.74 Å². The predicted octanol–water partition coefficient (Wildman–Crippen LogP) is 5.14. The van der Waals surface area contributed by atoms with Crippen LogP contribution < -0.4 is 4.74 Å². The smallest absolute Gasteiger partial charge is 0.204 e. The molecule has 0 aliphatic rings. The molecule has 1 heterocycles. The van der Waals surface area contributed by atoms with Crippen molar-refractivity contribution in [3.8, 4) is 5.75 Å². The maximum atomic E-state index is 6.50. The fourth-order valence-corrected chi connectivity index (χ4v) is 3.37. The first kappa shape index (κ1) is 17.0. The largest absolute Gasteiger partial charge is 0.466 e. The summed E-state index contributed by atoms with van der Waals surface area (Å²) in [6.07, 6.45) is 3.86. The van der Waals surface area contributed by atoms with E-state index in [1.54, 1.807) is 0 Å². The molecule has 3 aromatic rings. The molecule has 0 aliphatic carbocycles. The van der Waals surface area contributed by atoms with E-state index in [-0.39, 0.29) is 0 Å². The summed E-state index contributed by atoms with van der Waals surface area (Å²) in [6.45, 7) is 2.15. The second-order valence-corrected chi connectivity index (χ2v) is 6.64. The molecule has 24 heavy (non-hydrogen) atoms. The number of para-hydroxylation sites is 2. The standard InChI is InChI=1S/C19H22BrN3O/c1-2-19(14-8-9-15-20,24-16-10-4-3-5-11-16)23-18-13-7-6-12-17(18)21-22-23/h3-7,10-13H,2,8-9,14-15H2,1H3. The van der Waals surface area contributed by atoms with Crippen molar-refractivity contribution in [2.24, 2.45) is 0 Å². The Kier molecular flexibility index (Phi) is 5.51. The molecule has 4 nitrogen and oxygen atoms in total. The van der Waals surface area contributed by atoms with Crippen molar-refractivity contribution in [2.45, 2.75) is 38.3 Å². The van der Waals surface area contributed by atoms with Gasteiger partial charge in [-0.1, -0.05) is 58.4 Å². The maximum absolute atomic E-state index is 6.50. The number of alkyl halides is 1. The van der Waals surface area contributed by atoms with Gasteiger partial charge in [0, 0.05) is 18.2 Å². The van der Waals surface area contributed by atoms with Gasteiger partial charge in [-0.25, -0.2) is 4.68 Å². The SMILES string of the molecule is CCC(CCCCBr)(Oc1ccccc1)n1nnc2ccccc21. The van der Waals surface area contributed by atoms with Gasteiger partial charge in [0.15, 0.2) is 0 Å². The maximum Gasteiger partial charge on any atom is 0.204 e. The summed E-state index contributed by atoms with van der Waals surface area (Å²) in [7, 11) is 0. The Morgan fingerprint density at radius 2 is 1.79 bits per heavy atom. The van der Waals surface area contributed by atoms with Crippen molar-refractivity contribution >= 4 is 27.0 Å². The molecule has 2 aromatic carbocycles. The van der Waals surface area contributed by atoms with Crippen LogP contribution in [0, 0.1) is 0 Å². The number of unbranched alkanes of at least 4 members (excludes halogenated alkanes) is 1. The zero-order valence-corrected chi connectivity index (χ0v) is 15.4. The lowest BCUT2D eigenvalue weighted by atomic mass is 10.0. The first-order chi connectivity index (χ1) is 11.8. The Morgan fingerprint density at radius 1 is 1.04 bits per heavy atom. The van der Waals surface area contributed by atoms with Gasteiger partial charge in [0.25, 0.3) is 0 Å². The molecule has 1 aromatic heterocycles. The lowest BCUT2D eigenvalue weighted by Crippen LogP contribution is -2.40. The minimum Gasteiger partial charge on any atom is -0.466 e. The minimum absolute atomic E-state index is 0.528. The summed E-state index contributed by atoms with van der Waals surface area (Å²) in [6, 6.07) is 18.0. The van der Waals surface area contributed by atoms with Crippen molar-refractivity contribution in [3.63, 3.8) is 0 Å². The number of hydrogen-bond acceptors (Lipinski definition) is 3. The zero-order chi connectivity index (χ0) is 16.8. The Balaban J connectivity index is 2.02. The number of benzene rings is 2. The predicted molar refractivity (Wildman–Crippen MR) is 101 cm³/mol. The van der Waals surface area contributed by atoms with Crippen LogP contribution in [0.3, 0.4) is 0 Å². The molecule has 5 heteroatoms. The van der Waals surface area contributed by atoms with Crippen LogP contribution in [0.2, 0.25) is 0 Å². The third-order valence-electron chi connectivity index (χ3n) is 4.29. The minimum atomic E-state index is -0.528. The van der Waals surface area contributed by atoms with Gasteiger partial charge in [-0.3, -0.25) is 0 Å².